The zero-order valence-corrected chi connectivity index (χ0v) is 11.9. The second kappa shape index (κ2) is 5.17. The van der Waals surface area contributed by atoms with E-state index in [2.05, 4.69) is 24.1 Å². The van der Waals surface area contributed by atoms with Crippen LogP contribution in [0.3, 0.4) is 0 Å². The summed E-state index contributed by atoms with van der Waals surface area (Å²) in [4.78, 5) is 14.4. The molecular weight excluding hydrogens is 226 g/mol. The number of likely N-dealkylation sites (N-methyl/N-ethyl adjacent to an activating group) is 1. The number of carbonyl (C=O) groups is 1. The summed E-state index contributed by atoms with van der Waals surface area (Å²) in [5.41, 5.74) is 5.19. The van der Waals surface area contributed by atoms with Crippen LogP contribution in [0.25, 0.3) is 0 Å². The average Bonchev–Trinajstić information content (AvgIpc) is 3.05. The van der Waals surface area contributed by atoms with Crippen LogP contribution in [0.15, 0.2) is 0 Å². The minimum Gasteiger partial charge on any atom is -0.368 e. The van der Waals surface area contributed by atoms with Crippen LogP contribution in [0.1, 0.15) is 39.5 Å². The smallest absolute Gasteiger partial charge is 0.239 e. The van der Waals surface area contributed by atoms with Gasteiger partial charge in [-0.1, -0.05) is 13.8 Å². The molecular formula is C14H27N3O. The van der Waals surface area contributed by atoms with Crippen molar-refractivity contribution in [3.05, 3.63) is 0 Å². The SMILES string of the molecule is CNC(CN1CCCC1C(C)C)(C(N)=O)C1CC1. The van der Waals surface area contributed by atoms with Gasteiger partial charge in [0.2, 0.25) is 5.91 Å². The van der Waals surface area contributed by atoms with E-state index in [1.54, 1.807) is 0 Å². The van der Waals surface area contributed by atoms with Crippen LogP contribution in [0.2, 0.25) is 0 Å². The summed E-state index contributed by atoms with van der Waals surface area (Å²) < 4.78 is 0. The standard InChI is InChI=1S/C14H27N3O/c1-10(2)12-5-4-8-17(12)9-14(16-3,13(15)18)11-6-7-11/h10-12,16H,4-9H2,1-3H3,(H2,15,18). The maximum absolute atomic E-state index is 11.9. The minimum atomic E-state index is -0.502. The van der Waals surface area contributed by atoms with E-state index >= 15 is 0 Å². The molecule has 2 unspecified atom stereocenters. The molecule has 0 aromatic carbocycles. The molecule has 1 saturated heterocycles. The first-order valence-electron chi connectivity index (χ1n) is 7.24. The highest BCUT2D eigenvalue weighted by Gasteiger charge is 2.50. The molecule has 0 aromatic heterocycles. The van der Waals surface area contributed by atoms with Gasteiger partial charge in [-0.05, 0) is 51.1 Å². The first kappa shape index (κ1) is 13.8. The van der Waals surface area contributed by atoms with Crippen LogP contribution in [0, 0.1) is 11.8 Å². The number of primary amides is 1. The van der Waals surface area contributed by atoms with Gasteiger partial charge in [0.15, 0.2) is 0 Å². The third-order valence-corrected chi connectivity index (χ3v) is 4.80. The predicted molar refractivity (Wildman–Crippen MR) is 73.1 cm³/mol. The molecule has 0 bridgehead atoms. The van der Waals surface area contributed by atoms with E-state index in [9.17, 15) is 4.79 Å². The number of carbonyl (C=O) groups excluding carboxylic acids is 1. The van der Waals surface area contributed by atoms with Crippen LogP contribution < -0.4 is 11.1 Å². The number of amides is 1. The third kappa shape index (κ3) is 2.41. The Morgan fingerprint density at radius 2 is 2.11 bits per heavy atom. The van der Waals surface area contributed by atoms with Gasteiger partial charge < -0.3 is 11.1 Å². The summed E-state index contributed by atoms with van der Waals surface area (Å²) in [5, 5.41) is 3.25. The Bertz CT molecular complexity index is 314. The average molecular weight is 253 g/mol. The number of nitrogens with two attached hydrogens (primary N) is 1. The molecule has 4 nitrogen and oxygen atoms in total. The lowest BCUT2D eigenvalue weighted by atomic mass is 9.90. The van der Waals surface area contributed by atoms with Gasteiger partial charge in [-0.25, -0.2) is 0 Å². The molecule has 1 heterocycles. The Morgan fingerprint density at radius 1 is 1.44 bits per heavy atom. The lowest BCUT2D eigenvalue weighted by Gasteiger charge is -2.38. The fourth-order valence-corrected chi connectivity index (χ4v) is 3.51. The van der Waals surface area contributed by atoms with Crippen molar-refractivity contribution in [1.82, 2.24) is 10.2 Å². The molecule has 2 aliphatic rings. The summed E-state index contributed by atoms with van der Waals surface area (Å²) in [6.07, 6.45) is 4.75. The molecule has 1 amide bonds. The molecule has 18 heavy (non-hydrogen) atoms. The summed E-state index contributed by atoms with van der Waals surface area (Å²) >= 11 is 0. The van der Waals surface area contributed by atoms with E-state index < -0.39 is 5.54 Å². The highest BCUT2D eigenvalue weighted by Crippen LogP contribution is 2.41. The van der Waals surface area contributed by atoms with Crippen LogP contribution in [0.5, 0.6) is 0 Å². The maximum atomic E-state index is 11.9. The van der Waals surface area contributed by atoms with Crippen molar-refractivity contribution in [2.45, 2.75) is 51.1 Å². The summed E-state index contributed by atoms with van der Waals surface area (Å²) in [7, 11) is 1.88. The molecule has 0 radical (unpaired) electrons. The van der Waals surface area contributed by atoms with Gasteiger partial charge in [0.1, 0.15) is 5.54 Å². The number of hydrogen-bond acceptors (Lipinski definition) is 3. The number of rotatable bonds is 6. The second-order valence-corrected chi connectivity index (χ2v) is 6.28. The number of nitrogens with one attached hydrogen (secondary N) is 1. The predicted octanol–water partition coefficient (Wildman–Crippen LogP) is 0.960. The van der Waals surface area contributed by atoms with Gasteiger partial charge >= 0.3 is 0 Å². The normalized spacial score (nSPS) is 28.6. The van der Waals surface area contributed by atoms with E-state index in [-0.39, 0.29) is 5.91 Å². The van der Waals surface area contributed by atoms with E-state index in [1.807, 2.05) is 7.05 Å². The highest BCUT2D eigenvalue weighted by atomic mass is 16.1. The topological polar surface area (TPSA) is 58.4 Å². The molecule has 1 saturated carbocycles. The zero-order chi connectivity index (χ0) is 13.3. The number of hydrogen-bond donors (Lipinski definition) is 2. The second-order valence-electron chi connectivity index (χ2n) is 6.28. The van der Waals surface area contributed by atoms with Gasteiger partial charge in [-0.3, -0.25) is 9.69 Å². The van der Waals surface area contributed by atoms with Crippen LogP contribution in [-0.2, 0) is 4.79 Å². The quantitative estimate of drug-likeness (QED) is 0.741. The molecule has 2 atom stereocenters. The van der Waals surface area contributed by atoms with Crippen molar-refractivity contribution in [2.75, 3.05) is 20.1 Å². The first-order chi connectivity index (χ1) is 8.51. The summed E-state index contributed by atoms with van der Waals surface area (Å²) in [6, 6.07) is 0.607. The maximum Gasteiger partial charge on any atom is 0.239 e. The van der Waals surface area contributed by atoms with Crippen molar-refractivity contribution in [3.8, 4) is 0 Å². The summed E-state index contributed by atoms with van der Waals surface area (Å²) in [5.74, 6) is 0.907. The van der Waals surface area contributed by atoms with Gasteiger partial charge in [0.05, 0.1) is 0 Å². The van der Waals surface area contributed by atoms with Gasteiger partial charge in [-0.2, -0.15) is 0 Å². The Hall–Kier alpha value is -0.610. The van der Waals surface area contributed by atoms with Crippen LogP contribution in [-0.4, -0.2) is 42.5 Å². The van der Waals surface area contributed by atoms with Gasteiger partial charge in [0, 0.05) is 12.6 Å². The number of likely N-dealkylation sites (tertiary alicyclic amines) is 1. The van der Waals surface area contributed by atoms with Crippen LogP contribution in [0.4, 0.5) is 0 Å². The van der Waals surface area contributed by atoms with Crippen molar-refractivity contribution in [1.29, 1.82) is 0 Å². The van der Waals surface area contributed by atoms with Crippen molar-refractivity contribution < 1.29 is 4.79 Å². The van der Waals surface area contributed by atoms with E-state index in [4.69, 9.17) is 5.73 Å². The molecule has 4 heteroatoms. The Morgan fingerprint density at radius 3 is 2.56 bits per heavy atom. The van der Waals surface area contributed by atoms with Crippen molar-refractivity contribution in [2.24, 2.45) is 17.6 Å². The van der Waals surface area contributed by atoms with Crippen molar-refractivity contribution in [3.63, 3.8) is 0 Å². The molecule has 0 spiro atoms. The van der Waals surface area contributed by atoms with E-state index in [0.29, 0.717) is 17.9 Å². The Balaban J connectivity index is 2.11. The lowest BCUT2D eigenvalue weighted by Crippen LogP contribution is -2.62. The molecule has 2 fully saturated rings. The Labute approximate surface area is 110 Å². The molecule has 1 aliphatic carbocycles. The fraction of sp³-hybridized carbons (Fsp3) is 0.929. The summed E-state index contributed by atoms with van der Waals surface area (Å²) in [6.45, 7) is 6.43. The van der Waals surface area contributed by atoms with E-state index in [0.717, 1.165) is 25.9 Å². The van der Waals surface area contributed by atoms with Gasteiger partial charge in [0.25, 0.3) is 0 Å². The van der Waals surface area contributed by atoms with E-state index in [1.165, 1.54) is 12.8 Å². The first-order valence-corrected chi connectivity index (χ1v) is 7.24. The largest absolute Gasteiger partial charge is 0.368 e. The van der Waals surface area contributed by atoms with Crippen molar-refractivity contribution >= 4 is 5.91 Å². The zero-order valence-electron chi connectivity index (χ0n) is 11.9. The van der Waals surface area contributed by atoms with Gasteiger partial charge in [-0.15, -0.1) is 0 Å². The fourth-order valence-electron chi connectivity index (χ4n) is 3.51. The Kier molecular flexibility index (Phi) is 3.97. The lowest BCUT2D eigenvalue weighted by molar-refractivity contribution is -0.126. The minimum absolute atomic E-state index is 0.179. The van der Waals surface area contributed by atoms with Crippen LogP contribution >= 0.6 is 0 Å². The molecule has 3 N–H and O–H groups in total. The number of nitrogens with zero attached hydrogens (tertiary/aromatic N) is 1. The highest BCUT2D eigenvalue weighted by molar-refractivity contribution is 5.86. The molecule has 2 rings (SSSR count). The molecule has 0 aromatic rings. The monoisotopic (exact) mass is 253 g/mol. The molecule has 104 valence electrons. The third-order valence-electron chi connectivity index (χ3n) is 4.80. The molecule has 1 aliphatic heterocycles.